The van der Waals surface area contributed by atoms with Crippen molar-refractivity contribution < 1.29 is 14.3 Å². The average Bonchev–Trinajstić information content (AvgIpc) is 3.23. The van der Waals surface area contributed by atoms with Gasteiger partial charge >= 0.3 is 6.03 Å². The van der Waals surface area contributed by atoms with Gasteiger partial charge in [-0.2, -0.15) is 0 Å². The first kappa shape index (κ1) is 17.7. The molecule has 0 radical (unpaired) electrons. The average molecular weight is 322 g/mol. The largest absolute Gasteiger partial charge is 0.393 e. The molecule has 0 aromatic heterocycles. The second-order valence-electron chi connectivity index (χ2n) is 7.54. The lowest BCUT2D eigenvalue weighted by molar-refractivity contribution is 0.129. The number of urea groups is 1. The van der Waals surface area contributed by atoms with E-state index < -0.39 is 6.10 Å². The van der Waals surface area contributed by atoms with Crippen LogP contribution in [-0.4, -0.2) is 30.3 Å². The van der Waals surface area contributed by atoms with E-state index in [-0.39, 0.29) is 22.7 Å². The van der Waals surface area contributed by atoms with Crippen LogP contribution in [0.1, 0.15) is 45.6 Å². The van der Waals surface area contributed by atoms with Crippen LogP contribution in [0.2, 0.25) is 0 Å². The normalized spacial score (nSPS) is 17.4. The minimum absolute atomic E-state index is 0.116. The molecule has 1 aromatic carbocycles. The van der Waals surface area contributed by atoms with Crippen LogP contribution >= 0.6 is 0 Å². The van der Waals surface area contributed by atoms with E-state index in [9.17, 15) is 14.3 Å². The van der Waals surface area contributed by atoms with Gasteiger partial charge in [-0.3, -0.25) is 0 Å². The lowest BCUT2D eigenvalue weighted by atomic mass is 9.87. The molecule has 4 nitrogen and oxygen atoms in total. The molecule has 1 aliphatic rings. The fourth-order valence-electron chi connectivity index (χ4n) is 3.04. The van der Waals surface area contributed by atoms with Crippen molar-refractivity contribution >= 4 is 6.03 Å². The molecule has 5 heteroatoms. The molecule has 3 N–H and O–H groups in total. The number of benzene rings is 1. The molecule has 0 aliphatic heterocycles. The van der Waals surface area contributed by atoms with Gasteiger partial charge in [0.25, 0.3) is 0 Å². The summed E-state index contributed by atoms with van der Waals surface area (Å²) in [5.41, 5.74) is 0.673. The maximum Gasteiger partial charge on any atom is 0.314 e. The minimum Gasteiger partial charge on any atom is -0.393 e. The predicted octanol–water partition coefficient (Wildman–Crippen LogP) is 2.95. The van der Waals surface area contributed by atoms with Gasteiger partial charge in [-0.05, 0) is 49.3 Å². The number of halogens is 1. The summed E-state index contributed by atoms with van der Waals surface area (Å²) in [7, 11) is 0. The maximum atomic E-state index is 13.4. The molecule has 1 atom stereocenters. The monoisotopic (exact) mass is 322 g/mol. The lowest BCUT2D eigenvalue weighted by Crippen LogP contribution is -2.43. The third-order valence-corrected chi connectivity index (χ3v) is 4.45. The molecule has 1 aliphatic carbocycles. The highest BCUT2D eigenvalue weighted by atomic mass is 19.1. The molecule has 0 spiro atoms. The summed E-state index contributed by atoms with van der Waals surface area (Å²) in [6.45, 7) is 6.78. The molecule has 0 saturated heterocycles. The number of hydrogen-bond acceptors (Lipinski definition) is 2. The molecule has 2 rings (SSSR count). The first-order valence-corrected chi connectivity index (χ1v) is 8.18. The lowest BCUT2D eigenvalue weighted by Gasteiger charge is -2.26. The van der Waals surface area contributed by atoms with Crippen LogP contribution in [0.4, 0.5) is 9.18 Å². The van der Waals surface area contributed by atoms with Gasteiger partial charge in [0.15, 0.2) is 0 Å². The molecule has 1 fully saturated rings. The molecular formula is C18H27FN2O2. The summed E-state index contributed by atoms with van der Waals surface area (Å²) in [6.07, 6.45) is 2.16. The Balaban J connectivity index is 1.81. The van der Waals surface area contributed by atoms with Crippen LogP contribution < -0.4 is 10.6 Å². The Labute approximate surface area is 137 Å². The van der Waals surface area contributed by atoms with Crippen molar-refractivity contribution in [2.45, 2.75) is 51.6 Å². The van der Waals surface area contributed by atoms with Gasteiger partial charge in [0, 0.05) is 18.5 Å². The molecule has 23 heavy (non-hydrogen) atoms. The predicted molar refractivity (Wildman–Crippen MR) is 88.8 cm³/mol. The Bertz CT molecular complexity index is 554. The van der Waals surface area contributed by atoms with Crippen LogP contribution in [0, 0.1) is 11.2 Å². The zero-order valence-electron chi connectivity index (χ0n) is 14.2. The van der Waals surface area contributed by atoms with E-state index in [1.807, 2.05) is 19.9 Å². The summed E-state index contributed by atoms with van der Waals surface area (Å²) < 4.78 is 13.4. The summed E-state index contributed by atoms with van der Waals surface area (Å²) >= 11 is 0. The summed E-state index contributed by atoms with van der Waals surface area (Å²) in [4.78, 5) is 12.0. The van der Waals surface area contributed by atoms with Crippen molar-refractivity contribution in [3.8, 4) is 0 Å². The Morgan fingerprint density at radius 3 is 2.65 bits per heavy atom. The van der Waals surface area contributed by atoms with Gasteiger partial charge in [0.2, 0.25) is 0 Å². The van der Waals surface area contributed by atoms with Crippen molar-refractivity contribution in [3.63, 3.8) is 0 Å². The second kappa shape index (κ2) is 6.87. The van der Waals surface area contributed by atoms with Crippen LogP contribution in [0.5, 0.6) is 0 Å². The number of aliphatic hydroxyl groups excluding tert-OH is 1. The molecule has 0 bridgehead atoms. The first-order chi connectivity index (χ1) is 10.7. The van der Waals surface area contributed by atoms with Crippen molar-refractivity contribution in [3.05, 3.63) is 35.6 Å². The molecule has 2 amide bonds. The fraction of sp³-hybridized carbons (Fsp3) is 0.611. The highest BCUT2D eigenvalue weighted by Crippen LogP contribution is 2.47. The zero-order chi connectivity index (χ0) is 17.1. The number of carbonyl (C=O) groups excluding carboxylic acids is 1. The summed E-state index contributed by atoms with van der Waals surface area (Å²) in [5.74, 6) is -0.238. The zero-order valence-corrected chi connectivity index (χ0v) is 14.2. The topological polar surface area (TPSA) is 61.4 Å². The number of hydrogen-bond donors (Lipinski definition) is 3. The quantitative estimate of drug-likeness (QED) is 0.723. The molecule has 1 saturated carbocycles. The number of amides is 2. The van der Waals surface area contributed by atoms with Gasteiger partial charge in [0.1, 0.15) is 5.82 Å². The van der Waals surface area contributed by atoms with Crippen molar-refractivity contribution in [1.29, 1.82) is 0 Å². The van der Waals surface area contributed by atoms with E-state index in [4.69, 9.17) is 0 Å². The summed E-state index contributed by atoms with van der Waals surface area (Å²) in [5, 5.41) is 15.2. The van der Waals surface area contributed by atoms with Gasteiger partial charge < -0.3 is 15.7 Å². The van der Waals surface area contributed by atoms with Gasteiger partial charge in [0.05, 0.1) is 6.10 Å². The molecule has 1 unspecified atom stereocenters. The van der Waals surface area contributed by atoms with E-state index >= 15 is 0 Å². The number of nitrogens with one attached hydrogen (secondary N) is 2. The van der Waals surface area contributed by atoms with Crippen LogP contribution in [0.25, 0.3) is 0 Å². The van der Waals surface area contributed by atoms with Gasteiger partial charge in [-0.1, -0.05) is 26.0 Å². The standard InChI is InChI=1S/C18H27FN2O2/c1-13(22)10-17(2,3)11-20-16(23)21-12-18(7-8-18)14-5-4-6-15(19)9-14/h4-6,9,13,22H,7-8,10-12H2,1-3H3,(H2,20,21,23). The van der Waals surface area contributed by atoms with E-state index in [2.05, 4.69) is 10.6 Å². The van der Waals surface area contributed by atoms with E-state index in [0.29, 0.717) is 19.5 Å². The number of aliphatic hydroxyl groups is 1. The van der Waals surface area contributed by atoms with Gasteiger partial charge in [-0.15, -0.1) is 0 Å². The third-order valence-electron chi connectivity index (χ3n) is 4.45. The van der Waals surface area contributed by atoms with E-state index in [0.717, 1.165) is 18.4 Å². The Hall–Kier alpha value is -1.62. The highest BCUT2D eigenvalue weighted by Gasteiger charge is 2.44. The fourth-order valence-corrected chi connectivity index (χ4v) is 3.04. The number of carbonyl (C=O) groups is 1. The maximum absolute atomic E-state index is 13.4. The second-order valence-corrected chi connectivity index (χ2v) is 7.54. The SMILES string of the molecule is CC(O)CC(C)(C)CNC(=O)NCC1(c2cccc(F)c2)CC1. The smallest absolute Gasteiger partial charge is 0.314 e. The molecular weight excluding hydrogens is 295 g/mol. The van der Waals surface area contributed by atoms with Crippen LogP contribution in [0.3, 0.4) is 0 Å². The Morgan fingerprint density at radius 2 is 2.09 bits per heavy atom. The summed E-state index contributed by atoms with van der Waals surface area (Å²) in [6, 6.07) is 6.40. The molecule has 0 heterocycles. The third kappa shape index (κ3) is 5.20. The van der Waals surface area contributed by atoms with Crippen molar-refractivity contribution in [1.82, 2.24) is 10.6 Å². The van der Waals surface area contributed by atoms with Crippen molar-refractivity contribution in [2.75, 3.05) is 13.1 Å². The minimum atomic E-state index is -0.391. The van der Waals surface area contributed by atoms with E-state index in [1.165, 1.54) is 6.07 Å². The van der Waals surface area contributed by atoms with Crippen LogP contribution in [-0.2, 0) is 5.41 Å². The first-order valence-electron chi connectivity index (χ1n) is 8.18. The Kier molecular flexibility index (Phi) is 5.30. The highest BCUT2D eigenvalue weighted by molar-refractivity contribution is 5.74. The Morgan fingerprint density at radius 1 is 1.39 bits per heavy atom. The molecule has 1 aromatic rings. The van der Waals surface area contributed by atoms with Gasteiger partial charge in [-0.25, -0.2) is 9.18 Å². The van der Waals surface area contributed by atoms with Crippen LogP contribution in [0.15, 0.2) is 24.3 Å². The van der Waals surface area contributed by atoms with E-state index in [1.54, 1.807) is 19.1 Å². The molecule has 128 valence electrons. The number of rotatable bonds is 7. The van der Waals surface area contributed by atoms with Crippen molar-refractivity contribution in [2.24, 2.45) is 5.41 Å².